The van der Waals surface area contributed by atoms with Crippen LogP contribution in [-0.4, -0.2) is 11.7 Å². The summed E-state index contributed by atoms with van der Waals surface area (Å²) in [4.78, 5) is 10.0. The minimum atomic E-state index is 0.425. The average Bonchev–Trinajstić information content (AvgIpc) is 3.55. The van der Waals surface area contributed by atoms with E-state index in [-0.39, 0.29) is 0 Å². The van der Waals surface area contributed by atoms with Crippen molar-refractivity contribution in [1.29, 1.82) is 0 Å². The minimum absolute atomic E-state index is 0.425. The van der Waals surface area contributed by atoms with Crippen molar-refractivity contribution in [1.82, 2.24) is 0 Å². The molecule has 0 saturated heterocycles. The fourth-order valence-electron chi connectivity index (χ4n) is 7.01. The van der Waals surface area contributed by atoms with Gasteiger partial charge < -0.3 is 10.2 Å². The van der Waals surface area contributed by atoms with E-state index in [1.54, 1.807) is 0 Å². The Balaban J connectivity index is 1.26. The molecule has 0 unspecified atom stereocenters. The minimum Gasteiger partial charge on any atom is -0.456 e. The molecule has 0 radical (unpaired) electrons. The SMILES string of the molecule is NC(=NC(=NCc1ccccc1)c1ccccc1)c1cccc2c3ccccc3c3ccc(-c4ccc5oc6ccccc6c5c4)cc3c12. The summed E-state index contributed by atoms with van der Waals surface area (Å²) in [5, 5.41) is 9.11. The summed E-state index contributed by atoms with van der Waals surface area (Å²) in [6.07, 6.45) is 0. The van der Waals surface area contributed by atoms with Crippen molar-refractivity contribution in [3.63, 3.8) is 0 Å². The molecule has 0 saturated carbocycles. The van der Waals surface area contributed by atoms with E-state index >= 15 is 0 Å². The number of hydrogen-bond donors (Lipinski definition) is 1. The van der Waals surface area contributed by atoms with E-state index in [2.05, 4.69) is 103 Å². The van der Waals surface area contributed by atoms with E-state index in [4.69, 9.17) is 20.1 Å². The molecule has 8 aromatic carbocycles. The molecule has 9 aromatic rings. The van der Waals surface area contributed by atoms with Crippen molar-refractivity contribution in [3.05, 3.63) is 180 Å². The summed E-state index contributed by atoms with van der Waals surface area (Å²) in [6.45, 7) is 0.505. The summed E-state index contributed by atoms with van der Waals surface area (Å²) >= 11 is 0. The van der Waals surface area contributed by atoms with Gasteiger partial charge in [0, 0.05) is 27.3 Å². The van der Waals surface area contributed by atoms with Crippen LogP contribution in [0.1, 0.15) is 16.7 Å². The molecule has 0 fully saturated rings. The van der Waals surface area contributed by atoms with Crippen LogP contribution in [0.2, 0.25) is 0 Å². The maximum atomic E-state index is 7.01. The molecule has 0 aliphatic rings. The van der Waals surface area contributed by atoms with Crippen LogP contribution in [0.3, 0.4) is 0 Å². The third kappa shape index (κ3) is 5.11. The van der Waals surface area contributed by atoms with Crippen LogP contribution in [0, 0.1) is 0 Å². The van der Waals surface area contributed by atoms with Crippen molar-refractivity contribution in [2.45, 2.75) is 6.54 Å². The number of nitrogens with two attached hydrogens (primary N) is 1. The van der Waals surface area contributed by atoms with Gasteiger partial charge in [0.2, 0.25) is 0 Å². The van der Waals surface area contributed by atoms with Gasteiger partial charge in [-0.3, -0.25) is 4.99 Å². The Bertz CT molecular complexity index is 2740. The van der Waals surface area contributed by atoms with Crippen molar-refractivity contribution < 1.29 is 4.42 Å². The summed E-state index contributed by atoms with van der Waals surface area (Å²) in [5.41, 5.74) is 14.0. The molecule has 49 heavy (non-hydrogen) atoms. The van der Waals surface area contributed by atoms with Gasteiger partial charge in [-0.1, -0.05) is 140 Å². The lowest BCUT2D eigenvalue weighted by Gasteiger charge is -2.15. The summed E-state index contributed by atoms with van der Waals surface area (Å²) in [6, 6.07) is 56.6. The third-order valence-electron chi connectivity index (χ3n) is 9.36. The van der Waals surface area contributed by atoms with E-state index < -0.39 is 0 Å². The highest BCUT2D eigenvalue weighted by atomic mass is 16.3. The molecule has 1 heterocycles. The van der Waals surface area contributed by atoms with Gasteiger partial charge in [-0.25, -0.2) is 4.99 Å². The highest BCUT2D eigenvalue weighted by Crippen LogP contribution is 2.40. The Morgan fingerprint density at radius 3 is 1.88 bits per heavy atom. The number of hydrogen-bond acceptors (Lipinski definition) is 2. The van der Waals surface area contributed by atoms with Gasteiger partial charge in [-0.15, -0.1) is 0 Å². The lowest BCUT2D eigenvalue weighted by molar-refractivity contribution is 0.669. The van der Waals surface area contributed by atoms with Gasteiger partial charge in [0.05, 0.1) is 6.54 Å². The molecule has 2 N–H and O–H groups in total. The number of aliphatic imine (C=N–C) groups is 2. The van der Waals surface area contributed by atoms with Crippen LogP contribution in [-0.2, 0) is 6.54 Å². The first-order valence-electron chi connectivity index (χ1n) is 16.5. The molecule has 0 aliphatic heterocycles. The van der Waals surface area contributed by atoms with Crippen LogP contribution in [0.4, 0.5) is 0 Å². The molecule has 0 amide bonds. The van der Waals surface area contributed by atoms with E-state index in [0.717, 1.165) is 65.9 Å². The first kappa shape index (κ1) is 28.7. The van der Waals surface area contributed by atoms with E-state index in [0.29, 0.717) is 18.2 Å². The van der Waals surface area contributed by atoms with Crippen molar-refractivity contribution in [2.24, 2.45) is 15.7 Å². The summed E-state index contributed by atoms with van der Waals surface area (Å²) < 4.78 is 6.13. The first-order chi connectivity index (χ1) is 24.2. The molecular formula is C45H31N3O. The van der Waals surface area contributed by atoms with Crippen molar-refractivity contribution in [3.8, 4) is 11.1 Å². The fourth-order valence-corrected chi connectivity index (χ4v) is 7.01. The average molecular weight is 630 g/mol. The Morgan fingerprint density at radius 1 is 0.490 bits per heavy atom. The second-order valence-corrected chi connectivity index (χ2v) is 12.3. The van der Waals surface area contributed by atoms with Crippen LogP contribution >= 0.6 is 0 Å². The van der Waals surface area contributed by atoms with Gasteiger partial charge in [0.15, 0.2) is 5.84 Å². The third-order valence-corrected chi connectivity index (χ3v) is 9.36. The molecule has 0 aliphatic carbocycles. The summed E-state index contributed by atoms with van der Waals surface area (Å²) in [5.74, 6) is 1.03. The number of furan rings is 1. The number of fused-ring (bicyclic) bond motifs is 9. The zero-order chi connectivity index (χ0) is 32.7. The van der Waals surface area contributed by atoms with Gasteiger partial charge >= 0.3 is 0 Å². The van der Waals surface area contributed by atoms with Crippen LogP contribution in [0.15, 0.2) is 178 Å². The lowest BCUT2D eigenvalue weighted by atomic mass is 9.89. The Morgan fingerprint density at radius 2 is 1.08 bits per heavy atom. The number of para-hydroxylation sites is 1. The standard InChI is InChI=1S/C45H31N3O/c46-44(48-45(30-14-5-2-6-15-30)47-28-29-12-3-1-4-13-29)38-20-11-19-37-34-17-8-7-16-33(34)35-24-22-31(27-40(35)43(37)38)32-23-25-42-39(26-32)36-18-9-10-21-41(36)49-42/h1-27H,28H2,(H2,46,47,48). The molecule has 232 valence electrons. The smallest absolute Gasteiger partial charge is 0.157 e. The molecule has 4 heteroatoms. The lowest BCUT2D eigenvalue weighted by Crippen LogP contribution is -2.17. The van der Waals surface area contributed by atoms with Crippen LogP contribution in [0.25, 0.3) is 65.4 Å². The number of benzene rings is 8. The van der Waals surface area contributed by atoms with E-state index in [1.807, 2.05) is 60.7 Å². The van der Waals surface area contributed by atoms with Crippen molar-refractivity contribution >= 4 is 65.9 Å². The number of nitrogens with zero attached hydrogens (tertiary/aromatic N) is 2. The van der Waals surface area contributed by atoms with Crippen LogP contribution in [0.5, 0.6) is 0 Å². The zero-order valence-electron chi connectivity index (χ0n) is 26.7. The summed E-state index contributed by atoms with van der Waals surface area (Å²) in [7, 11) is 0. The molecule has 0 spiro atoms. The maximum Gasteiger partial charge on any atom is 0.157 e. The van der Waals surface area contributed by atoms with Crippen molar-refractivity contribution in [2.75, 3.05) is 0 Å². The van der Waals surface area contributed by atoms with Gasteiger partial charge in [0.1, 0.15) is 17.0 Å². The highest BCUT2D eigenvalue weighted by Gasteiger charge is 2.16. The molecule has 1 aromatic heterocycles. The number of amidine groups is 2. The largest absolute Gasteiger partial charge is 0.456 e. The number of rotatable bonds is 5. The zero-order valence-corrected chi connectivity index (χ0v) is 26.7. The van der Waals surface area contributed by atoms with Gasteiger partial charge in [-0.2, -0.15) is 0 Å². The molecule has 0 bridgehead atoms. The fraction of sp³-hybridized carbons (Fsp3) is 0.0222. The predicted molar refractivity (Wildman–Crippen MR) is 206 cm³/mol. The predicted octanol–water partition coefficient (Wildman–Crippen LogP) is 11.1. The maximum absolute atomic E-state index is 7.01. The Kier molecular flexibility index (Phi) is 6.98. The van der Waals surface area contributed by atoms with Gasteiger partial charge in [0.25, 0.3) is 0 Å². The molecule has 9 rings (SSSR count). The van der Waals surface area contributed by atoms with Crippen LogP contribution < -0.4 is 5.73 Å². The molecule has 0 atom stereocenters. The quantitative estimate of drug-likeness (QED) is 0.117. The topological polar surface area (TPSA) is 63.9 Å². The molecular weight excluding hydrogens is 599 g/mol. The second kappa shape index (κ2) is 11.9. The van der Waals surface area contributed by atoms with E-state index in [9.17, 15) is 0 Å². The van der Waals surface area contributed by atoms with Gasteiger partial charge in [-0.05, 0) is 67.9 Å². The monoisotopic (exact) mass is 629 g/mol. The molecule has 4 nitrogen and oxygen atoms in total. The second-order valence-electron chi connectivity index (χ2n) is 12.3. The Labute approximate surface area is 283 Å². The normalized spacial score (nSPS) is 12.5. The Hall–Kier alpha value is -6.52. The highest BCUT2D eigenvalue weighted by molar-refractivity contribution is 6.30. The first-order valence-corrected chi connectivity index (χ1v) is 16.5. The van der Waals surface area contributed by atoms with E-state index in [1.165, 1.54) is 16.2 Å².